The molecule has 1 aliphatic carbocycles. The third-order valence-corrected chi connectivity index (χ3v) is 4.25. The molecule has 0 aliphatic heterocycles. The van der Waals surface area contributed by atoms with Gasteiger partial charge in [0, 0.05) is 19.1 Å². The zero-order valence-corrected chi connectivity index (χ0v) is 12.0. The van der Waals surface area contributed by atoms with E-state index in [0.29, 0.717) is 11.7 Å². The molecule has 2 N–H and O–H groups in total. The van der Waals surface area contributed by atoms with Gasteiger partial charge in [-0.05, 0) is 37.5 Å². The smallest absolute Gasteiger partial charge is 0.146 e. The van der Waals surface area contributed by atoms with Crippen LogP contribution in [0.4, 0.5) is 10.1 Å². The first kappa shape index (κ1) is 14.3. The first-order valence-corrected chi connectivity index (χ1v) is 7.37. The van der Waals surface area contributed by atoms with E-state index in [9.17, 15) is 4.39 Å². The molecular formula is C16H25FN2. The third-order valence-electron chi connectivity index (χ3n) is 4.25. The van der Waals surface area contributed by atoms with Gasteiger partial charge in [-0.2, -0.15) is 0 Å². The Kier molecular flexibility index (Phi) is 4.81. The zero-order chi connectivity index (χ0) is 13.8. The SMILES string of the molecule is C[C@H](N)c1ccc(N(C)C2CCCCCC2)c(F)c1. The van der Waals surface area contributed by atoms with E-state index in [-0.39, 0.29) is 11.9 Å². The fourth-order valence-corrected chi connectivity index (χ4v) is 2.93. The van der Waals surface area contributed by atoms with Crippen LogP contribution in [0.2, 0.25) is 0 Å². The summed E-state index contributed by atoms with van der Waals surface area (Å²) in [6, 6.07) is 5.74. The molecule has 2 rings (SSSR count). The minimum absolute atomic E-state index is 0.119. The fourth-order valence-electron chi connectivity index (χ4n) is 2.93. The lowest BCUT2D eigenvalue weighted by molar-refractivity contribution is 0.537. The maximum atomic E-state index is 14.2. The molecule has 0 heterocycles. The number of hydrogen-bond donors (Lipinski definition) is 1. The normalized spacial score (nSPS) is 18.9. The highest BCUT2D eigenvalue weighted by atomic mass is 19.1. The second-order valence-corrected chi connectivity index (χ2v) is 5.76. The molecule has 0 saturated heterocycles. The molecule has 1 aromatic rings. The van der Waals surface area contributed by atoms with E-state index in [0.717, 1.165) is 5.56 Å². The predicted molar refractivity (Wildman–Crippen MR) is 78.9 cm³/mol. The van der Waals surface area contributed by atoms with Gasteiger partial charge >= 0.3 is 0 Å². The van der Waals surface area contributed by atoms with Crippen molar-refractivity contribution in [1.82, 2.24) is 0 Å². The third kappa shape index (κ3) is 3.47. The van der Waals surface area contributed by atoms with Crippen LogP contribution in [-0.2, 0) is 0 Å². The van der Waals surface area contributed by atoms with Gasteiger partial charge < -0.3 is 10.6 Å². The van der Waals surface area contributed by atoms with E-state index >= 15 is 0 Å². The molecule has 106 valence electrons. The molecule has 0 amide bonds. The van der Waals surface area contributed by atoms with Crippen LogP contribution in [-0.4, -0.2) is 13.1 Å². The summed E-state index contributed by atoms with van der Waals surface area (Å²) in [6.07, 6.45) is 7.49. The van der Waals surface area contributed by atoms with Crippen molar-refractivity contribution in [3.63, 3.8) is 0 Å². The van der Waals surface area contributed by atoms with Crippen molar-refractivity contribution in [3.05, 3.63) is 29.6 Å². The van der Waals surface area contributed by atoms with Crippen LogP contribution >= 0.6 is 0 Å². The maximum absolute atomic E-state index is 14.2. The lowest BCUT2D eigenvalue weighted by Crippen LogP contribution is -2.31. The molecule has 0 spiro atoms. The number of hydrogen-bond acceptors (Lipinski definition) is 2. The summed E-state index contributed by atoms with van der Waals surface area (Å²) < 4.78 is 14.2. The van der Waals surface area contributed by atoms with Gasteiger partial charge in [0.25, 0.3) is 0 Å². The van der Waals surface area contributed by atoms with E-state index in [1.54, 1.807) is 6.07 Å². The molecule has 0 aromatic heterocycles. The summed E-state index contributed by atoms with van der Waals surface area (Å²) in [5.74, 6) is -0.151. The van der Waals surface area contributed by atoms with E-state index < -0.39 is 0 Å². The molecule has 1 atom stereocenters. The molecule has 3 heteroatoms. The topological polar surface area (TPSA) is 29.3 Å². The molecule has 1 saturated carbocycles. The Bertz CT molecular complexity index is 409. The van der Waals surface area contributed by atoms with Gasteiger partial charge in [0.15, 0.2) is 0 Å². The van der Waals surface area contributed by atoms with Crippen molar-refractivity contribution in [2.24, 2.45) is 5.73 Å². The van der Waals surface area contributed by atoms with Crippen molar-refractivity contribution >= 4 is 5.69 Å². The van der Waals surface area contributed by atoms with Crippen LogP contribution in [0.5, 0.6) is 0 Å². The Balaban J connectivity index is 2.15. The molecular weight excluding hydrogens is 239 g/mol. The van der Waals surface area contributed by atoms with Gasteiger partial charge in [-0.15, -0.1) is 0 Å². The van der Waals surface area contributed by atoms with Gasteiger partial charge in [0.1, 0.15) is 5.82 Å². The van der Waals surface area contributed by atoms with Gasteiger partial charge in [-0.3, -0.25) is 0 Å². The van der Waals surface area contributed by atoms with E-state index in [2.05, 4.69) is 4.90 Å². The average molecular weight is 264 g/mol. The monoisotopic (exact) mass is 264 g/mol. The summed E-state index contributed by atoms with van der Waals surface area (Å²) in [4.78, 5) is 2.12. The highest BCUT2D eigenvalue weighted by Crippen LogP contribution is 2.28. The lowest BCUT2D eigenvalue weighted by atomic mass is 10.0. The van der Waals surface area contributed by atoms with Crippen molar-refractivity contribution in [2.75, 3.05) is 11.9 Å². The van der Waals surface area contributed by atoms with E-state index in [1.807, 2.05) is 26.1 Å². The molecule has 0 unspecified atom stereocenters. The van der Waals surface area contributed by atoms with Crippen LogP contribution in [0.3, 0.4) is 0 Å². The predicted octanol–water partition coefficient (Wildman–Crippen LogP) is 4.00. The summed E-state index contributed by atoms with van der Waals surface area (Å²) in [5, 5.41) is 0. The van der Waals surface area contributed by atoms with Gasteiger partial charge in [0.05, 0.1) is 5.69 Å². The Morgan fingerprint density at radius 3 is 2.37 bits per heavy atom. The Hall–Kier alpha value is -1.09. The van der Waals surface area contributed by atoms with Crippen LogP contribution < -0.4 is 10.6 Å². The van der Waals surface area contributed by atoms with E-state index in [1.165, 1.54) is 38.5 Å². The summed E-state index contributed by atoms with van der Waals surface area (Å²) in [6.45, 7) is 1.88. The number of nitrogens with zero attached hydrogens (tertiary/aromatic N) is 1. The van der Waals surface area contributed by atoms with Crippen molar-refractivity contribution in [1.29, 1.82) is 0 Å². The quantitative estimate of drug-likeness (QED) is 0.836. The van der Waals surface area contributed by atoms with Crippen molar-refractivity contribution in [2.45, 2.75) is 57.5 Å². The minimum atomic E-state index is -0.151. The summed E-state index contributed by atoms with van der Waals surface area (Å²) >= 11 is 0. The zero-order valence-electron chi connectivity index (χ0n) is 12.0. The number of anilines is 1. The van der Waals surface area contributed by atoms with E-state index in [4.69, 9.17) is 5.73 Å². The summed E-state index contributed by atoms with van der Waals surface area (Å²) in [7, 11) is 2.01. The number of halogens is 1. The van der Waals surface area contributed by atoms with Gasteiger partial charge in [0.2, 0.25) is 0 Å². The molecule has 0 radical (unpaired) electrons. The number of benzene rings is 1. The molecule has 1 fully saturated rings. The maximum Gasteiger partial charge on any atom is 0.146 e. The second-order valence-electron chi connectivity index (χ2n) is 5.76. The number of nitrogens with two attached hydrogens (primary N) is 1. The van der Waals surface area contributed by atoms with Crippen molar-refractivity contribution < 1.29 is 4.39 Å². The van der Waals surface area contributed by atoms with Gasteiger partial charge in [-0.25, -0.2) is 4.39 Å². The Labute approximate surface area is 115 Å². The lowest BCUT2D eigenvalue weighted by Gasteiger charge is -2.30. The first-order chi connectivity index (χ1) is 9.09. The molecule has 1 aromatic carbocycles. The number of rotatable bonds is 3. The largest absolute Gasteiger partial charge is 0.369 e. The first-order valence-electron chi connectivity index (χ1n) is 7.37. The highest BCUT2D eigenvalue weighted by Gasteiger charge is 2.19. The standard InChI is InChI=1S/C16H25FN2/c1-12(18)13-9-10-16(15(17)11-13)19(2)14-7-5-3-4-6-8-14/h9-12,14H,3-8,18H2,1-2H3/t12-/m0/s1. The fraction of sp³-hybridized carbons (Fsp3) is 0.625. The Morgan fingerprint density at radius 1 is 1.21 bits per heavy atom. The van der Waals surface area contributed by atoms with Crippen LogP contribution in [0.15, 0.2) is 18.2 Å². The van der Waals surface area contributed by atoms with Crippen molar-refractivity contribution in [3.8, 4) is 0 Å². The molecule has 1 aliphatic rings. The molecule has 2 nitrogen and oxygen atoms in total. The minimum Gasteiger partial charge on any atom is -0.369 e. The highest BCUT2D eigenvalue weighted by molar-refractivity contribution is 5.49. The van der Waals surface area contributed by atoms with Gasteiger partial charge in [-0.1, -0.05) is 31.7 Å². The summed E-state index contributed by atoms with van der Waals surface area (Å²) in [5.41, 5.74) is 7.35. The second kappa shape index (κ2) is 6.38. The van der Waals surface area contributed by atoms with Crippen LogP contribution in [0.25, 0.3) is 0 Å². The Morgan fingerprint density at radius 2 is 1.84 bits per heavy atom. The van der Waals surface area contributed by atoms with Crippen LogP contribution in [0, 0.1) is 5.82 Å². The average Bonchev–Trinajstić information content (AvgIpc) is 2.66. The molecule has 0 bridgehead atoms. The van der Waals surface area contributed by atoms with Crippen LogP contribution in [0.1, 0.15) is 57.1 Å². The molecule has 19 heavy (non-hydrogen) atoms.